The smallest absolute Gasteiger partial charge is 0.309 e. The monoisotopic (exact) mass is 486 g/mol. The summed E-state index contributed by atoms with van der Waals surface area (Å²) in [5, 5.41) is 10.1. The Morgan fingerprint density at radius 3 is 2.14 bits per heavy atom. The molecule has 0 aliphatic heterocycles. The number of carbonyl (C=O) groups excluding carboxylic acids is 2. The number of aliphatic hydroxyl groups excluding tert-OH is 1. The summed E-state index contributed by atoms with van der Waals surface area (Å²) in [7, 11) is 1.55. The molecule has 0 aliphatic rings. The molecule has 1 N–H and O–H groups in total. The predicted octanol–water partition coefficient (Wildman–Crippen LogP) is 4.39. The molecule has 0 radical (unpaired) electrons. The lowest BCUT2D eigenvalue weighted by molar-refractivity contribution is -0.155. The molecule has 0 aromatic heterocycles. The molecule has 2 rings (SSSR count). The zero-order chi connectivity index (χ0) is 25.5. The van der Waals surface area contributed by atoms with Crippen molar-refractivity contribution in [3.63, 3.8) is 0 Å². The minimum Gasteiger partial charge on any atom is -0.491 e. The lowest BCUT2D eigenvalue weighted by Crippen LogP contribution is -2.29. The van der Waals surface area contributed by atoms with Crippen molar-refractivity contribution in [1.29, 1.82) is 0 Å². The molecule has 0 bridgehead atoms. The Hall–Kier alpha value is -2.90. The van der Waals surface area contributed by atoms with E-state index in [1.54, 1.807) is 26.2 Å². The van der Waals surface area contributed by atoms with Crippen molar-refractivity contribution in [2.24, 2.45) is 11.8 Å². The summed E-state index contributed by atoms with van der Waals surface area (Å²) in [5.41, 5.74) is 1.15. The van der Waals surface area contributed by atoms with Crippen molar-refractivity contribution in [3.05, 3.63) is 66.2 Å². The molecule has 4 unspecified atom stereocenters. The number of methoxy groups -OCH3 is 1. The quantitative estimate of drug-likeness (QED) is 0.278. The van der Waals surface area contributed by atoms with Crippen LogP contribution in [0.3, 0.4) is 0 Å². The molecule has 192 valence electrons. The average molecular weight is 487 g/mol. The molecule has 0 amide bonds. The summed E-state index contributed by atoms with van der Waals surface area (Å²) in [6.07, 6.45) is 0.768. The van der Waals surface area contributed by atoms with Crippen LogP contribution in [0.2, 0.25) is 0 Å². The Balaban J connectivity index is 1.92. The molecule has 4 atom stereocenters. The van der Waals surface area contributed by atoms with Crippen LogP contribution in [0.15, 0.2) is 60.7 Å². The Morgan fingerprint density at radius 2 is 1.51 bits per heavy atom. The second-order valence-corrected chi connectivity index (χ2v) is 8.65. The first kappa shape index (κ1) is 28.3. The van der Waals surface area contributed by atoms with Gasteiger partial charge in [0.25, 0.3) is 0 Å². The highest BCUT2D eigenvalue weighted by Crippen LogP contribution is 2.31. The highest BCUT2D eigenvalue weighted by molar-refractivity contribution is 5.76. The first-order chi connectivity index (χ1) is 16.9. The number of hydrogen-bond acceptors (Lipinski definition) is 7. The van der Waals surface area contributed by atoms with E-state index in [-0.39, 0.29) is 31.7 Å². The van der Waals surface area contributed by atoms with E-state index in [2.05, 4.69) is 19.1 Å². The second-order valence-electron chi connectivity index (χ2n) is 8.65. The highest BCUT2D eigenvalue weighted by atomic mass is 16.6. The zero-order valence-electron chi connectivity index (χ0n) is 20.9. The maximum absolute atomic E-state index is 12.9. The number of benzene rings is 2. The fourth-order valence-electron chi connectivity index (χ4n) is 3.84. The predicted molar refractivity (Wildman–Crippen MR) is 133 cm³/mol. The number of hydrogen-bond donors (Lipinski definition) is 1. The Labute approximate surface area is 208 Å². The Morgan fingerprint density at radius 1 is 0.857 bits per heavy atom. The van der Waals surface area contributed by atoms with Crippen molar-refractivity contribution >= 4 is 11.9 Å². The molecular weight excluding hydrogens is 448 g/mol. The van der Waals surface area contributed by atoms with Crippen LogP contribution in [0, 0.1) is 11.8 Å². The number of esters is 2. The van der Waals surface area contributed by atoms with Gasteiger partial charge in [0.2, 0.25) is 0 Å². The zero-order valence-corrected chi connectivity index (χ0v) is 20.9. The van der Waals surface area contributed by atoms with Crippen LogP contribution in [0.5, 0.6) is 5.75 Å². The van der Waals surface area contributed by atoms with Gasteiger partial charge in [0, 0.05) is 7.11 Å². The minimum absolute atomic E-state index is 0.00931. The van der Waals surface area contributed by atoms with E-state index >= 15 is 0 Å². The third kappa shape index (κ3) is 10.5. The number of rotatable bonds is 16. The third-order valence-electron chi connectivity index (χ3n) is 5.84. The highest BCUT2D eigenvalue weighted by Gasteiger charge is 2.29. The molecule has 0 aliphatic carbocycles. The van der Waals surface area contributed by atoms with Crippen molar-refractivity contribution in [3.8, 4) is 5.75 Å². The molecule has 35 heavy (non-hydrogen) atoms. The number of carbonyl (C=O) groups is 2. The van der Waals surface area contributed by atoms with Gasteiger partial charge < -0.3 is 24.1 Å². The number of aliphatic hydroxyl groups is 1. The number of ether oxygens (including phenoxy) is 4. The molecule has 7 heteroatoms. The normalized spacial score (nSPS) is 14.4. The van der Waals surface area contributed by atoms with E-state index in [9.17, 15) is 14.7 Å². The first-order valence-corrected chi connectivity index (χ1v) is 12.2. The summed E-state index contributed by atoms with van der Waals surface area (Å²) in [4.78, 5) is 25.5. The summed E-state index contributed by atoms with van der Waals surface area (Å²) < 4.78 is 21.2. The molecule has 7 nitrogen and oxygen atoms in total. The largest absolute Gasteiger partial charge is 0.491 e. The Bertz CT molecular complexity index is 856. The molecule has 0 heterocycles. The van der Waals surface area contributed by atoms with Crippen LogP contribution in [0.4, 0.5) is 0 Å². The topological polar surface area (TPSA) is 91.3 Å². The number of para-hydroxylation sites is 1. The maximum atomic E-state index is 12.9. The second kappa shape index (κ2) is 15.9. The van der Waals surface area contributed by atoms with E-state index in [1.807, 2.05) is 36.4 Å². The van der Waals surface area contributed by atoms with Gasteiger partial charge in [-0.05, 0) is 42.9 Å². The summed E-state index contributed by atoms with van der Waals surface area (Å²) >= 11 is 0. The van der Waals surface area contributed by atoms with Crippen LogP contribution in [0.25, 0.3) is 0 Å². The van der Waals surface area contributed by atoms with E-state index in [1.165, 1.54) is 0 Å². The molecule has 0 saturated heterocycles. The van der Waals surface area contributed by atoms with Crippen LogP contribution >= 0.6 is 0 Å². The van der Waals surface area contributed by atoms with E-state index in [0.717, 1.165) is 12.0 Å². The lowest BCUT2D eigenvalue weighted by atomic mass is 9.83. The van der Waals surface area contributed by atoms with Gasteiger partial charge in [-0.15, -0.1) is 0 Å². The van der Waals surface area contributed by atoms with Gasteiger partial charge >= 0.3 is 11.9 Å². The fourth-order valence-corrected chi connectivity index (χ4v) is 3.84. The van der Waals surface area contributed by atoms with E-state index in [4.69, 9.17) is 18.9 Å². The van der Waals surface area contributed by atoms with Crippen LogP contribution in [0.1, 0.15) is 44.6 Å². The average Bonchev–Trinajstić information content (AvgIpc) is 2.89. The third-order valence-corrected chi connectivity index (χ3v) is 5.84. The van der Waals surface area contributed by atoms with Gasteiger partial charge in [0.15, 0.2) is 0 Å². The van der Waals surface area contributed by atoms with Gasteiger partial charge in [-0.1, -0.05) is 62.4 Å². The first-order valence-electron chi connectivity index (χ1n) is 12.2. The molecule has 0 fully saturated rings. The molecule has 0 saturated carbocycles. The van der Waals surface area contributed by atoms with E-state index < -0.39 is 23.9 Å². The Kier molecular flexibility index (Phi) is 12.9. The van der Waals surface area contributed by atoms with Crippen LogP contribution in [-0.2, 0) is 23.8 Å². The van der Waals surface area contributed by atoms with Gasteiger partial charge in [-0.25, -0.2) is 0 Å². The summed E-state index contributed by atoms with van der Waals surface area (Å²) in [6, 6.07) is 19.1. The van der Waals surface area contributed by atoms with Crippen molar-refractivity contribution in [1.82, 2.24) is 0 Å². The summed E-state index contributed by atoms with van der Waals surface area (Å²) in [6.45, 7) is 4.13. The molecular formula is C28H38O7. The molecule has 2 aromatic carbocycles. The minimum atomic E-state index is -0.955. The van der Waals surface area contributed by atoms with Gasteiger partial charge in [0.1, 0.15) is 31.7 Å². The van der Waals surface area contributed by atoms with E-state index in [0.29, 0.717) is 25.2 Å². The lowest BCUT2D eigenvalue weighted by Gasteiger charge is -2.24. The fraction of sp³-hybridized carbons (Fsp3) is 0.500. The molecule has 0 spiro atoms. The van der Waals surface area contributed by atoms with Crippen molar-refractivity contribution in [2.45, 2.75) is 45.1 Å². The van der Waals surface area contributed by atoms with Crippen molar-refractivity contribution < 1.29 is 33.6 Å². The van der Waals surface area contributed by atoms with Crippen LogP contribution < -0.4 is 4.74 Å². The van der Waals surface area contributed by atoms with Crippen molar-refractivity contribution in [2.75, 3.05) is 33.5 Å². The van der Waals surface area contributed by atoms with Crippen LogP contribution in [-0.4, -0.2) is 56.7 Å². The standard InChI is InChI=1S/C28H38O7/c1-4-22(23-11-7-5-8-12-23)18-24(28(31)33-16-15-32-3)17-21(2)27(30)35-20-25(29)19-34-26-13-9-6-10-14-26/h5-14,21-22,24-25,29H,4,15-20H2,1-3H3. The van der Waals surface area contributed by atoms with Gasteiger partial charge in [-0.2, -0.15) is 0 Å². The van der Waals surface area contributed by atoms with Gasteiger partial charge in [0.05, 0.1) is 18.4 Å². The SMILES string of the molecule is CCC(CC(CC(C)C(=O)OCC(O)COc1ccccc1)C(=O)OCCOC)c1ccccc1. The van der Waals surface area contributed by atoms with Gasteiger partial charge in [-0.3, -0.25) is 9.59 Å². The maximum Gasteiger partial charge on any atom is 0.309 e. The summed E-state index contributed by atoms with van der Waals surface area (Å²) in [5.74, 6) is -1.02. The molecule has 2 aromatic rings.